The molecule has 2 amide bonds. The van der Waals surface area contributed by atoms with Gasteiger partial charge in [-0.2, -0.15) is 10.2 Å². The van der Waals surface area contributed by atoms with Gasteiger partial charge in [-0.25, -0.2) is 9.67 Å². The zero-order valence-corrected chi connectivity index (χ0v) is 20.1. The van der Waals surface area contributed by atoms with Crippen molar-refractivity contribution in [1.29, 1.82) is 0 Å². The van der Waals surface area contributed by atoms with Gasteiger partial charge in [0, 0.05) is 50.9 Å². The van der Waals surface area contributed by atoms with E-state index in [0.717, 1.165) is 22.5 Å². The Hall–Kier alpha value is -4.05. The average Bonchev–Trinajstić information content (AvgIpc) is 3.51. The Kier molecular flexibility index (Phi) is 5.21. The van der Waals surface area contributed by atoms with Crippen molar-refractivity contribution >= 4 is 28.5 Å². The lowest BCUT2D eigenvalue weighted by atomic mass is 9.82. The summed E-state index contributed by atoms with van der Waals surface area (Å²) in [5, 5.41) is 20.7. The first-order chi connectivity index (χ1) is 16.6. The molecule has 0 spiro atoms. The Labute approximate surface area is 202 Å². The van der Waals surface area contributed by atoms with E-state index < -0.39 is 11.5 Å². The number of fused-ring (bicyclic) bond motifs is 1. The molecule has 1 fully saturated rings. The molecule has 2 atom stereocenters. The van der Waals surface area contributed by atoms with Gasteiger partial charge in [0.25, 0.3) is 11.8 Å². The lowest BCUT2D eigenvalue weighted by Crippen LogP contribution is -2.40. The van der Waals surface area contributed by atoms with Crippen LogP contribution >= 0.6 is 0 Å². The molecule has 180 valence electrons. The molecule has 3 aromatic heterocycles. The summed E-state index contributed by atoms with van der Waals surface area (Å²) in [4.78, 5) is 31.1. The number of carbonyl (C=O) groups is 2. The van der Waals surface area contributed by atoms with Crippen LogP contribution in [-0.2, 0) is 11.8 Å². The second-order valence-corrected chi connectivity index (χ2v) is 9.18. The van der Waals surface area contributed by atoms with Crippen LogP contribution in [0, 0.1) is 5.92 Å². The number of pyridine rings is 1. The smallest absolute Gasteiger partial charge is 0.269 e. The number of amides is 2. The van der Waals surface area contributed by atoms with Crippen molar-refractivity contribution in [2.75, 3.05) is 13.6 Å². The van der Waals surface area contributed by atoms with Gasteiger partial charge >= 0.3 is 0 Å². The molecule has 1 aliphatic heterocycles. The summed E-state index contributed by atoms with van der Waals surface area (Å²) < 4.78 is 3.31. The molecule has 0 bridgehead atoms. The highest BCUT2D eigenvalue weighted by Crippen LogP contribution is 2.39. The topological polar surface area (TPSA) is 132 Å². The standard InChI is InChI=1S/C25H27N7O3/c1-14-17(15(2)25(35)9-11-30(3)24(25)34)6-5-7-20(14)32-23-18(21(29-32)22(26)33)12-16(13-27-23)19-8-10-31(4)28-19/h5-8,10,12-14,35H,9,11H2,1-4H3,(H2,26,33)/b17-15-/t14?,25-/m1/s1. The van der Waals surface area contributed by atoms with E-state index in [1.54, 1.807) is 34.4 Å². The van der Waals surface area contributed by atoms with Gasteiger partial charge in [0.05, 0.1) is 16.8 Å². The van der Waals surface area contributed by atoms with Crippen LogP contribution in [-0.4, -0.2) is 65.6 Å². The second kappa shape index (κ2) is 8.02. The highest BCUT2D eigenvalue weighted by molar-refractivity contribution is 6.04. The van der Waals surface area contributed by atoms with Crippen LogP contribution < -0.4 is 5.73 Å². The molecule has 1 unspecified atom stereocenters. The van der Waals surface area contributed by atoms with E-state index in [2.05, 4.69) is 15.2 Å². The van der Waals surface area contributed by atoms with Gasteiger partial charge in [-0.1, -0.05) is 19.1 Å². The zero-order chi connectivity index (χ0) is 25.1. The van der Waals surface area contributed by atoms with Gasteiger partial charge in [-0.05, 0) is 36.3 Å². The molecule has 0 aromatic carbocycles. The number of rotatable bonds is 4. The number of likely N-dealkylation sites (tertiary alicyclic amines) is 1. The number of nitrogens with zero attached hydrogens (tertiary/aromatic N) is 6. The quantitative estimate of drug-likeness (QED) is 0.595. The van der Waals surface area contributed by atoms with Crippen LogP contribution in [0.5, 0.6) is 0 Å². The third-order valence-electron chi connectivity index (χ3n) is 7.03. The van der Waals surface area contributed by atoms with Gasteiger partial charge in [0.15, 0.2) is 16.9 Å². The van der Waals surface area contributed by atoms with Gasteiger partial charge in [0.1, 0.15) is 0 Å². The summed E-state index contributed by atoms with van der Waals surface area (Å²) in [5.41, 5.74) is 8.38. The minimum Gasteiger partial charge on any atom is -0.375 e. The number of likely N-dealkylation sites (N-methyl/N-ethyl adjacent to an activating group) is 1. The number of aliphatic hydroxyl groups is 1. The molecule has 1 aliphatic carbocycles. The molecule has 10 nitrogen and oxygen atoms in total. The number of aromatic nitrogens is 5. The largest absolute Gasteiger partial charge is 0.375 e. The van der Waals surface area contributed by atoms with Crippen molar-refractivity contribution in [2.45, 2.75) is 25.9 Å². The van der Waals surface area contributed by atoms with E-state index in [4.69, 9.17) is 5.73 Å². The van der Waals surface area contributed by atoms with Crippen molar-refractivity contribution in [3.05, 3.63) is 59.6 Å². The van der Waals surface area contributed by atoms with E-state index in [0.29, 0.717) is 29.6 Å². The molecule has 35 heavy (non-hydrogen) atoms. The van der Waals surface area contributed by atoms with Crippen molar-refractivity contribution < 1.29 is 14.7 Å². The van der Waals surface area contributed by atoms with Gasteiger partial charge < -0.3 is 15.7 Å². The summed E-state index contributed by atoms with van der Waals surface area (Å²) in [5.74, 6) is -1.19. The number of nitrogens with two attached hydrogens (primary N) is 1. The average molecular weight is 474 g/mol. The molecule has 0 saturated carbocycles. The maximum atomic E-state index is 12.7. The zero-order valence-electron chi connectivity index (χ0n) is 20.1. The van der Waals surface area contributed by atoms with Crippen molar-refractivity contribution in [3.63, 3.8) is 0 Å². The first-order valence-corrected chi connectivity index (χ1v) is 11.4. The lowest BCUT2D eigenvalue weighted by Gasteiger charge is -2.29. The third-order valence-corrected chi connectivity index (χ3v) is 7.03. The Morgan fingerprint density at radius 2 is 2.06 bits per heavy atom. The number of primary amides is 1. The number of hydrogen-bond acceptors (Lipinski definition) is 6. The number of carbonyl (C=O) groups excluding carboxylic acids is 2. The Bertz CT molecular complexity index is 1480. The van der Waals surface area contributed by atoms with E-state index >= 15 is 0 Å². The summed E-state index contributed by atoms with van der Waals surface area (Å²) in [6.45, 7) is 4.26. The maximum Gasteiger partial charge on any atom is 0.269 e. The first kappa shape index (κ1) is 22.7. The second-order valence-electron chi connectivity index (χ2n) is 9.18. The fourth-order valence-corrected chi connectivity index (χ4v) is 4.92. The molecule has 3 N–H and O–H groups in total. The Morgan fingerprint density at radius 3 is 2.69 bits per heavy atom. The minimum absolute atomic E-state index is 0.112. The van der Waals surface area contributed by atoms with Crippen molar-refractivity contribution in [3.8, 4) is 11.3 Å². The summed E-state index contributed by atoms with van der Waals surface area (Å²) in [6.07, 6.45) is 9.50. The predicted octanol–water partition coefficient (Wildman–Crippen LogP) is 1.89. The van der Waals surface area contributed by atoms with Crippen LogP contribution in [0.25, 0.3) is 28.0 Å². The third kappa shape index (κ3) is 3.48. The fourth-order valence-electron chi connectivity index (χ4n) is 4.92. The maximum absolute atomic E-state index is 12.7. The molecular formula is C25H27N7O3. The monoisotopic (exact) mass is 473 g/mol. The van der Waals surface area contributed by atoms with Crippen LogP contribution in [0.3, 0.4) is 0 Å². The van der Waals surface area contributed by atoms with Gasteiger partial charge in [-0.3, -0.25) is 14.3 Å². The number of aryl methyl sites for hydroxylation is 1. The van der Waals surface area contributed by atoms with Crippen molar-refractivity contribution in [2.24, 2.45) is 18.7 Å². The molecule has 10 heteroatoms. The lowest BCUT2D eigenvalue weighted by molar-refractivity contribution is -0.139. The normalized spacial score (nSPS) is 23.8. The SMILES string of the molecule is C/C(=C1\C=CC=C(n2nc(C(N)=O)c3cc(-c4ccn(C)n4)cnc32)C1C)[C@]1(O)CCN(C)C1=O. The molecule has 4 heterocycles. The van der Waals surface area contributed by atoms with E-state index in [9.17, 15) is 14.7 Å². The van der Waals surface area contributed by atoms with Crippen LogP contribution in [0.15, 0.2) is 53.9 Å². The first-order valence-electron chi connectivity index (χ1n) is 11.4. The summed E-state index contributed by atoms with van der Waals surface area (Å²) >= 11 is 0. The Morgan fingerprint density at radius 1 is 1.29 bits per heavy atom. The highest BCUT2D eigenvalue weighted by atomic mass is 16.3. The van der Waals surface area contributed by atoms with Crippen molar-refractivity contribution in [1.82, 2.24) is 29.4 Å². The molecule has 2 aliphatic rings. The van der Waals surface area contributed by atoms with Gasteiger partial charge in [0.2, 0.25) is 0 Å². The molecule has 5 rings (SSSR count). The van der Waals surface area contributed by atoms with E-state index in [1.165, 1.54) is 0 Å². The molecule has 1 saturated heterocycles. The van der Waals surface area contributed by atoms with Crippen LogP contribution in [0.4, 0.5) is 0 Å². The molecule has 0 radical (unpaired) electrons. The minimum atomic E-state index is -1.54. The molecular weight excluding hydrogens is 446 g/mol. The van der Waals surface area contributed by atoms with Gasteiger partial charge in [-0.15, -0.1) is 0 Å². The van der Waals surface area contributed by atoms with E-state index in [1.807, 2.05) is 50.5 Å². The summed E-state index contributed by atoms with van der Waals surface area (Å²) in [6, 6.07) is 3.68. The van der Waals surface area contributed by atoms with Crippen LogP contribution in [0.1, 0.15) is 30.8 Å². The number of allylic oxidation sites excluding steroid dienone is 5. The van der Waals surface area contributed by atoms with Crippen LogP contribution in [0.2, 0.25) is 0 Å². The Balaban J connectivity index is 1.61. The number of hydrogen-bond donors (Lipinski definition) is 2. The fraction of sp³-hybridized carbons (Fsp3) is 0.320. The molecule has 3 aromatic rings. The predicted molar refractivity (Wildman–Crippen MR) is 131 cm³/mol. The summed E-state index contributed by atoms with van der Waals surface area (Å²) in [7, 11) is 3.52. The van der Waals surface area contributed by atoms with E-state index in [-0.39, 0.29) is 17.5 Å². The highest BCUT2D eigenvalue weighted by Gasteiger charge is 2.46.